The van der Waals surface area contributed by atoms with Crippen LogP contribution >= 0.6 is 0 Å². The minimum Gasteiger partial charge on any atom is -0.416 e. The lowest BCUT2D eigenvalue weighted by Crippen LogP contribution is -2.28. The highest BCUT2D eigenvalue weighted by Crippen LogP contribution is 2.57. The summed E-state index contributed by atoms with van der Waals surface area (Å²) in [5.74, 6) is 1.06. The second-order valence-electron chi connectivity index (χ2n) is 19.7. The van der Waals surface area contributed by atoms with Gasteiger partial charge in [-0.2, -0.15) is 0 Å². The van der Waals surface area contributed by atoms with Crippen LogP contribution in [0.4, 0.5) is 0 Å². The third-order valence-corrected chi connectivity index (χ3v) is 15.6. The van der Waals surface area contributed by atoms with E-state index >= 15 is 0 Å². The van der Waals surface area contributed by atoms with Gasteiger partial charge in [-0.15, -0.1) is 10.2 Å². The summed E-state index contributed by atoms with van der Waals surface area (Å²) < 4.78 is 8.51. The third-order valence-electron chi connectivity index (χ3n) is 15.6. The van der Waals surface area contributed by atoms with Crippen LogP contribution in [0.25, 0.3) is 102 Å². The van der Waals surface area contributed by atoms with Gasteiger partial charge in [0.05, 0.1) is 16.6 Å². The van der Waals surface area contributed by atoms with E-state index in [9.17, 15) is 0 Å². The first-order valence-corrected chi connectivity index (χ1v) is 25.8. The van der Waals surface area contributed by atoms with Gasteiger partial charge in [-0.1, -0.05) is 225 Å². The highest BCUT2D eigenvalue weighted by Gasteiger charge is 2.45. The number of rotatable bonds is 7. The molecule has 0 fully saturated rings. The van der Waals surface area contributed by atoms with Crippen molar-refractivity contribution in [2.45, 2.75) is 17.8 Å². The molecule has 75 heavy (non-hydrogen) atoms. The molecule has 2 aromatic heterocycles. The summed E-state index contributed by atoms with van der Waals surface area (Å²) in [6, 6.07) is 78.7. The molecule has 0 saturated carbocycles. The molecule has 9 aromatic carbocycles. The standard InChI is InChI=1S/C71H49N3O/c1-47-18-4-3-17-45-71(64-28-14-11-21-55(47)64)65-29-15-12-26-60(65)61-42-38-53(46-66(61)71)48-37-43-63-62-27-13-16-30-67(62)74(68(63)44-39-48)54-40-35-50(36-41-54)57-23-8-10-25-59(57)58-24-9-7-22-56(58)49-31-33-52(34-32-49)70-73-72-69(75-70)51-19-5-2-6-20-51/h2-44,46,48H,1,45H2/b17-3-,18-4-. The molecular formula is C71H49N3O. The van der Waals surface area contributed by atoms with Crippen molar-refractivity contribution in [2.24, 2.45) is 0 Å². The number of hydrogen-bond donors (Lipinski definition) is 0. The summed E-state index contributed by atoms with van der Waals surface area (Å²) in [5.41, 5.74) is 23.1. The highest BCUT2D eigenvalue weighted by atomic mass is 16.4. The summed E-state index contributed by atoms with van der Waals surface area (Å²) >= 11 is 0. The molecule has 0 saturated heterocycles. The topological polar surface area (TPSA) is 43.9 Å². The largest absolute Gasteiger partial charge is 0.416 e. The van der Waals surface area contributed by atoms with Gasteiger partial charge in [-0.05, 0) is 133 Å². The molecule has 2 atom stereocenters. The molecule has 0 aliphatic heterocycles. The predicted octanol–water partition coefficient (Wildman–Crippen LogP) is 18.0. The van der Waals surface area contributed by atoms with E-state index < -0.39 is 0 Å². The quantitative estimate of drug-likeness (QED) is 0.160. The van der Waals surface area contributed by atoms with E-state index in [4.69, 9.17) is 4.42 Å². The third kappa shape index (κ3) is 7.36. The summed E-state index contributed by atoms with van der Waals surface area (Å²) in [6.45, 7) is 4.55. The van der Waals surface area contributed by atoms with Crippen molar-refractivity contribution in [3.63, 3.8) is 0 Å². The number of para-hydroxylation sites is 1. The zero-order chi connectivity index (χ0) is 49.9. The van der Waals surface area contributed by atoms with Crippen LogP contribution < -0.4 is 0 Å². The smallest absolute Gasteiger partial charge is 0.248 e. The average molecular weight is 960 g/mol. The van der Waals surface area contributed by atoms with E-state index in [2.05, 4.69) is 258 Å². The van der Waals surface area contributed by atoms with Gasteiger partial charge < -0.3 is 8.98 Å². The van der Waals surface area contributed by atoms with Gasteiger partial charge in [0.15, 0.2) is 0 Å². The molecule has 2 unspecified atom stereocenters. The Hall–Kier alpha value is -9.64. The Kier molecular flexibility index (Phi) is 10.7. The van der Waals surface area contributed by atoms with Gasteiger partial charge in [0.2, 0.25) is 11.8 Å². The second kappa shape index (κ2) is 18.1. The van der Waals surface area contributed by atoms with E-state index in [1.54, 1.807) is 0 Å². The maximum Gasteiger partial charge on any atom is 0.248 e. The Morgan fingerprint density at radius 3 is 1.72 bits per heavy atom. The maximum absolute atomic E-state index is 6.09. The van der Waals surface area contributed by atoms with Crippen LogP contribution in [0.1, 0.15) is 51.4 Å². The van der Waals surface area contributed by atoms with Gasteiger partial charge in [-0.25, -0.2) is 0 Å². The zero-order valence-corrected chi connectivity index (χ0v) is 41.1. The Morgan fingerprint density at radius 1 is 0.453 bits per heavy atom. The Bertz CT molecular complexity index is 4160. The Balaban J connectivity index is 0.795. The average Bonchev–Trinajstić information content (AvgIpc) is 4.15. The summed E-state index contributed by atoms with van der Waals surface area (Å²) in [7, 11) is 0. The van der Waals surface area contributed by atoms with Crippen molar-refractivity contribution in [3.05, 3.63) is 300 Å². The van der Waals surface area contributed by atoms with Gasteiger partial charge in [0.1, 0.15) is 0 Å². The number of fused-ring (bicyclic) bond motifs is 10. The fourth-order valence-electron chi connectivity index (χ4n) is 12.1. The van der Waals surface area contributed by atoms with Crippen LogP contribution in [-0.4, -0.2) is 14.8 Å². The van der Waals surface area contributed by atoms with Gasteiger partial charge in [0.25, 0.3) is 0 Å². The zero-order valence-electron chi connectivity index (χ0n) is 41.1. The molecule has 0 bridgehead atoms. The van der Waals surface area contributed by atoms with Crippen LogP contribution in [0.3, 0.4) is 0 Å². The molecule has 0 amide bonds. The van der Waals surface area contributed by atoms with E-state index in [1.165, 1.54) is 72.2 Å². The van der Waals surface area contributed by atoms with E-state index in [1.807, 2.05) is 30.3 Å². The molecule has 4 heteroatoms. The van der Waals surface area contributed by atoms with Crippen LogP contribution in [0, 0.1) is 0 Å². The summed E-state index contributed by atoms with van der Waals surface area (Å²) in [4.78, 5) is 0. The van der Waals surface area contributed by atoms with Gasteiger partial charge >= 0.3 is 0 Å². The van der Waals surface area contributed by atoms with E-state index in [-0.39, 0.29) is 11.3 Å². The molecular weight excluding hydrogens is 911 g/mol. The molecule has 14 rings (SSSR count). The summed E-state index contributed by atoms with van der Waals surface area (Å²) in [6.07, 6.45) is 19.1. The predicted molar refractivity (Wildman–Crippen MR) is 309 cm³/mol. The normalized spacial score (nSPS) is 17.1. The minimum atomic E-state index is -0.369. The molecule has 2 heterocycles. The first-order valence-electron chi connectivity index (χ1n) is 25.8. The maximum atomic E-state index is 6.09. The molecule has 1 spiro atoms. The summed E-state index contributed by atoms with van der Waals surface area (Å²) in [5, 5.41) is 9.91. The van der Waals surface area contributed by atoms with Crippen molar-refractivity contribution < 1.29 is 4.42 Å². The SMILES string of the molecule is C=C1/C=C\C=C/CC2(c3ccccc31)c1ccccc1-c1ccc(C3C=Cc4c(n(-c5ccc(-c6ccccc6-c6ccccc6-c6ccc(-c7nnc(-c8ccccc8)o7)cc6)cc5)c5ccccc45)C=C3)cc12. The highest BCUT2D eigenvalue weighted by molar-refractivity contribution is 5.97. The Morgan fingerprint density at radius 2 is 1.00 bits per heavy atom. The molecule has 0 radical (unpaired) electrons. The Labute approximate surface area is 437 Å². The fourth-order valence-corrected chi connectivity index (χ4v) is 12.1. The number of benzene rings is 9. The number of hydrogen-bond acceptors (Lipinski definition) is 3. The monoisotopic (exact) mass is 959 g/mol. The molecule has 354 valence electrons. The van der Waals surface area contributed by atoms with Crippen molar-refractivity contribution in [1.29, 1.82) is 0 Å². The van der Waals surface area contributed by atoms with Gasteiger partial charge in [-0.3, -0.25) is 0 Å². The molecule has 0 N–H and O–H groups in total. The first-order chi connectivity index (χ1) is 37.1. The van der Waals surface area contributed by atoms with Crippen LogP contribution in [0.15, 0.2) is 266 Å². The second-order valence-corrected chi connectivity index (χ2v) is 19.7. The fraction of sp³-hybridized carbons (Fsp3) is 0.0423. The van der Waals surface area contributed by atoms with E-state index in [0.29, 0.717) is 11.8 Å². The van der Waals surface area contributed by atoms with E-state index in [0.717, 1.165) is 51.1 Å². The number of nitrogens with zero attached hydrogens (tertiary/aromatic N) is 3. The lowest BCUT2D eigenvalue weighted by molar-refractivity contribution is 0.584. The minimum absolute atomic E-state index is 0.0626. The van der Waals surface area contributed by atoms with Crippen molar-refractivity contribution >= 4 is 28.6 Å². The molecule has 3 aliphatic carbocycles. The first kappa shape index (κ1) is 44.1. The van der Waals surface area contributed by atoms with Crippen LogP contribution in [0.2, 0.25) is 0 Å². The van der Waals surface area contributed by atoms with Crippen molar-refractivity contribution in [1.82, 2.24) is 14.8 Å². The van der Waals surface area contributed by atoms with Crippen molar-refractivity contribution in [3.8, 4) is 73.1 Å². The molecule has 3 aliphatic rings. The number of aromatic nitrogens is 3. The molecule has 11 aromatic rings. The lowest BCUT2D eigenvalue weighted by atomic mass is 9.67. The van der Waals surface area contributed by atoms with Crippen LogP contribution in [0.5, 0.6) is 0 Å². The van der Waals surface area contributed by atoms with Crippen LogP contribution in [-0.2, 0) is 5.41 Å². The van der Waals surface area contributed by atoms with Gasteiger partial charge in [0, 0.05) is 33.7 Å². The lowest BCUT2D eigenvalue weighted by Gasteiger charge is -2.34. The number of allylic oxidation sites excluding steroid dienone is 7. The molecule has 4 nitrogen and oxygen atoms in total. The van der Waals surface area contributed by atoms with Crippen molar-refractivity contribution in [2.75, 3.05) is 0 Å².